The molecule has 1 amide bonds. The first-order chi connectivity index (χ1) is 9.08. The largest absolute Gasteiger partial charge is 0.325 e. The molecule has 2 rings (SSSR count). The van der Waals surface area contributed by atoms with E-state index in [0.717, 1.165) is 25.7 Å². The van der Waals surface area contributed by atoms with E-state index in [1.807, 2.05) is 0 Å². The van der Waals surface area contributed by atoms with Gasteiger partial charge in [0.05, 0.1) is 10.7 Å². The van der Waals surface area contributed by atoms with Crippen LogP contribution in [0.25, 0.3) is 0 Å². The van der Waals surface area contributed by atoms with Gasteiger partial charge in [0.25, 0.3) is 0 Å². The summed E-state index contributed by atoms with van der Waals surface area (Å²) in [4.78, 5) is 23.5. The van der Waals surface area contributed by atoms with E-state index in [0.29, 0.717) is 16.3 Å². The summed E-state index contributed by atoms with van der Waals surface area (Å²) in [6, 6.07) is 4.96. The zero-order valence-electron chi connectivity index (χ0n) is 11.0. The van der Waals surface area contributed by atoms with E-state index >= 15 is 0 Å². The van der Waals surface area contributed by atoms with Crippen molar-refractivity contribution in [2.45, 2.75) is 39.0 Å². The lowest BCUT2D eigenvalue weighted by Gasteiger charge is -2.21. The van der Waals surface area contributed by atoms with Gasteiger partial charge in [0, 0.05) is 11.5 Å². The Morgan fingerprint density at radius 1 is 1.21 bits per heavy atom. The molecule has 1 aromatic rings. The Balaban J connectivity index is 2.11. The van der Waals surface area contributed by atoms with E-state index in [1.165, 1.54) is 13.3 Å². The van der Waals surface area contributed by atoms with Crippen LogP contribution in [-0.2, 0) is 4.79 Å². The second-order valence-corrected chi connectivity index (χ2v) is 5.48. The predicted molar refractivity (Wildman–Crippen MR) is 76.7 cm³/mol. The lowest BCUT2D eigenvalue weighted by atomic mass is 9.88. The fourth-order valence-corrected chi connectivity index (χ4v) is 2.60. The summed E-state index contributed by atoms with van der Waals surface area (Å²) < 4.78 is 0. The van der Waals surface area contributed by atoms with Crippen LogP contribution >= 0.6 is 11.6 Å². The van der Waals surface area contributed by atoms with Crippen LogP contribution in [0.4, 0.5) is 5.69 Å². The molecule has 4 heteroatoms. The minimum Gasteiger partial charge on any atom is -0.325 e. The third-order valence-corrected chi connectivity index (χ3v) is 3.94. The highest BCUT2D eigenvalue weighted by molar-refractivity contribution is 6.33. The average molecular weight is 280 g/mol. The summed E-state index contributed by atoms with van der Waals surface area (Å²) in [5.41, 5.74) is 1.09. The van der Waals surface area contributed by atoms with Crippen LogP contribution in [0, 0.1) is 5.92 Å². The highest BCUT2D eigenvalue weighted by Gasteiger charge is 2.21. The van der Waals surface area contributed by atoms with E-state index in [9.17, 15) is 9.59 Å². The molecular formula is C15H18ClNO2. The number of nitrogens with one attached hydrogen (secondary N) is 1. The van der Waals surface area contributed by atoms with Crippen molar-refractivity contribution in [3.8, 4) is 0 Å². The van der Waals surface area contributed by atoms with Gasteiger partial charge in [-0.1, -0.05) is 30.9 Å². The van der Waals surface area contributed by atoms with E-state index in [4.69, 9.17) is 11.6 Å². The highest BCUT2D eigenvalue weighted by Crippen LogP contribution is 2.28. The van der Waals surface area contributed by atoms with Crippen molar-refractivity contribution >= 4 is 29.0 Å². The number of hydrogen-bond donors (Lipinski definition) is 1. The Labute approximate surface area is 118 Å². The van der Waals surface area contributed by atoms with Crippen LogP contribution in [0.15, 0.2) is 18.2 Å². The van der Waals surface area contributed by atoms with Gasteiger partial charge in [-0.2, -0.15) is 0 Å². The van der Waals surface area contributed by atoms with Crippen LogP contribution in [0.1, 0.15) is 49.4 Å². The second kappa shape index (κ2) is 6.20. The molecule has 0 bridgehead atoms. The van der Waals surface area contributed by atoms with Gasteiger partial charge in [-0.3, -0.25) is 9.59 Å². The zero-order chi connectivity index (χ0) is 13.8. The van der Waals surface area contributed by atoms with Crippen molar-refractivity contribution in [1.82, 2.24) is 0 Å². The number of hydrogen-bond acceptors (Lipinski definition) is 2. The molecule has 1 aliphatic rings. The Bertz CT molecular complexity index is 493. The number of halogens is 1. The van der Waals surface area contributed by atoms with Gasteiger partial charge >= 0.3 is 0 Å². The molecule has 1 aliphatic carbocycles. The Morgan fingerprint density at radius 3 is 2.53 bits per heavy atom. The molecule has 3 nitrogen and oxygen atoms in total. The molecule has 19 heavy (non-hydrogen) atoms. The maximum atomic E-state index is 12.1. The fraction of sp³-hybridized carbons (Fsp3) is 0.467. The lowest BCUT2D eigenvalue weighted by molar-refractivity contribution is -0.120. The van der Waals surface area contributed by atoms with Crippen molar-refractivity contribution in [2.24, 2.45) is 5.92 Å². The van der Waals surface area contributed by atoms with Crippen molar-refractivity contribution < 1.29 is 9.59 Å². The number of anilines is 1. The number of benzene rings is 1. The number of Topliss-reactive ketones (excluding diaryl/α,β-unsaturated/α-hetero) is 1. The van der Waals surface area contributed by atoms with Gasteiger partial charge in [-0.15, -0.1) is 0 Å². The number of carbonyl (C=O) groups is 2. The quantitative estimate of drug-likeness (QED) is 0.848. The average Bonchev–Trinajstić information content (AvgIpc) is 2.42. The number of ketones is 1. The molecule has 1 fully saturated rings. The van der Waals surface area contributed by atoms with Crippen LogP contribution in [0.5, 0.6) is 0 Å². The van der Waals surface area contributed by atoms with Crippen molar-refractivity contribution in [3.05, 3.63) is 28.8 Å². The first-order valence-electron chi connectivity index (χ1n) is 6.69. The SMILES string of the molecule is CC(=O)c1ccc(Cl)c(NC(=O)C2CCCCC2)c1. The smallest absolute Gasteiger partial charge is 0.227 e. The molecule has 0 unspecified atom stereocenters. The molecule has 0 radical (unpaired) electrons. The van der Waals surface area contributed by atoms with Crippen molar-refractivity contribution in [3.63, 3.8) is 0 Å². The topological polar surface area (TPSA) is 46.2 Å². The Kier molecular flexibility index (Phi) is 4.59. The normalized spacial score (nSPS) is 16.1. The monoisotopic (exact) mass is 279 g/mol. The summed E-state index contributed by atoms with van der Waals surface area (Å²) in [5.74, 6) is 0.0536. The first-order valence-corrected chi connectivity index (χ1v) is 7.07. The zero-order valence-corrected chi connectivity index (χ0v) is 11.8. The minimum atomic E-state index is -0.0372. The maximum absolute atomic E-state index is 12.1. The number of carbonyl (C=O) groups excluding carboxylic acids is 2. The van der Waals surface area contributed by atoms with Crippen LogP contribution in [-0.4, -0.2) is 11.7 Å². The highest BCUT2D eigenvalue weighted by atomic mass is 35.5. The standard InChI is InChI=1S/C15H18ClNO2/c1-10(18)12-7-8-13(16)14(9-12)17-15(19)11-5-3-2-4-6-11/h7-9,11H,2-6H2,1H3,(H,17,19). The molecular weight excluding hydrogens is 262 g/mol. The molecule has 1 N–H and O–H groups in total. The third kappa shape index (κ3) is 3.57. The molecule has 0 atom stereocenters. The van der Waals surface area contributed by atoms with Crippen LogP contribution in [0.3, 0.4) is 0 Å². The van der Waals surface area contributed by atoms with Crippen molar-refractivity contribution in [1.29, 1.82) is 0 Å². The first kappa shape index (κ1) is 14.1. The molecule has 0 aromatic heterocycles. The Hall–Kier alpha value is -1.35. The van der Waals surface area contributed by atoms with E-state index in [-0.39, 0.29) is 17.6 Å². The molecule has 0 aliphatic heterocycles. The van der Waals surface area contributed by atoms with Crippen LogP contribution < -0.4 is 5.32 Å². The number of rotatable bonds is 3. The van der Waals surface area contributed by atoms with Crippen molar-refractivity contribution in [2.75, 3.05) is 5.32 Å². The summed E-state index contributed by atoms with van der Waals surface area (Å²) in [6.07, 6.45) is 5.31. The van der Waals surface area contributed by atoms with Gasteiger partial charge in [-0.05, 0) is 38.0 Å². The molecule has 0 spiro atoms. The van der Waals surface area contributed by atoms with Gasteiger partial charge in [0.2, 0.25) is 5.91 Å². The van der Waals surface area contributed by atoms with E-state index in [2.05, 4.69) is 5.32 Å². The third-order valence-electron chi connectivity index (χ3n) is 3.61. The molecule has 0 saturated heterocycles. The lowest BCUT2D eigenvalue weighted by Crippen LogP contribution is -2.24. The van der Waals surface area contributed by atoms with E-state index in [1.54, 1.807) is 18.2 Å². The minimum absolute atomic E-state index is 0.0160. The van der Waals surface area contributed by atoms with Gasteiger partial charge in [0.1, 0.15) is 0 Å². The fourth-order valence-electron chi connectivity index (χ4n) is 2.44. The van der Waals surface area contributed by atoms with Gasteiger partial charge in [-0.25, -0.2) is 0 Å². The van der Waals surface area contributed by atoms with E-state index < -0.39 is 0 Å². The molecule has 0 heterocycles. The Morgan fingerprint density at radius 2 is 1.89 bits per heavy atom. The predicted octanol–water partition coefficient (Wildman–Crippen LogP) is 4.06. The molecule has 1 saturated carbocycles. The van der Waals surface area contributed by atoms with Gasteiger partial charge < -0.3 is 5.32 Å². The van der Waals surface area contributed by atoms with Crippen LogP contribution in [0.2, 0.25) is 5.02 Å². The number of amides is 1. The molecule has 1 aromatic carbocycles. The summed E-state index contributed by atoms with van der Waals surface area (Å²) in [6.45, 7) is 1.50. The molecule has 102 valence electrons. The summed E-state index contributed by atoms with van der Waals surface area (Å²) in [7, 11) is 0. The second-order valence-electron chi connectivity index (χ2n) is 5.07. The summed E-state index contributed by atoms with van der Waals surface area (Å²) >= 11 is 6.06. The maximum Gasteiger partial charge on any atom is 0.227 e. The summed E-state index contributed by atoms with van der Waals surface area (Å²) in [5, 5.41) is 3.32. The van der Waals surface area contributed by atoms with Gasteiger partial charge in [0.15, 0.2) is 5.78 Å².